The number of thioether (sulfide) groups is 1. The average molecular weight is 416 g/mol. The van der Waals surface area contributed by atoms with Gasteiger partial charge in [-0.05, 0) is 42.5 Å². The van der Waals surface area contributed by atoms with Crippen molar-refractivity contribution in [1.82, 2.24) is 10.2 Å². The number of para-hydroxylation sites is 1. The number of carbonyl (C=O) groups is 1. The molecular weight excluding hydrogens is 398 g/mol. The smallest absolute Gasteiger partial charge is 0.234 e. The number of nitrogens with zero attached hydrogens (tertiary/aromatic N) is 2. The molecule has 3 rings (SSSR count). The van der Waals surface area contributed by atoms with Crippen LogP contribution in [0.5, 0.6) is 11.5 Å². The number of ether oxygens (including phenoxy) is 2. The highest BCUT2D eigenvalue weighted by atomic mass is 35.5. The van der Waals surface area contributed by atoms with E-state index in [9.17, 15) is 4.79 Å². The number of halogens is 1. The van der Waals surface area contributed by atoms with Crippen LogP contribution in [-0.2, 0) is 4.79 Å². The third-order valence-corrected chi connectivity index (χ3v) is 4.96. The standard InChI is InChI=1S/C20H18ClN3O3S/c1-26-17-6-4-3-5-14(17)15-8-10-20(24-23-15)28-12-19(25)22-16-11-13(21)7-9-18(16)27-2/h3-11H,12H2,1-2H3,(H,22,25). The lowest BCUT2D eigenvalue weighted by molar-refractivity contribution is -0.113. The van der Waals surface area contributed by atoms with Gasteiger partial charge in [-0.3, -0.25) is 4.79 Å². The number of anilines is 1. The van der Waals surface area contributed by atoms with E-state index in [2.05, 4.69) is 15.5 Å². The number of rotatable bonds is 7. The topological polar surface area (TPSA) is 73.3 Å². The van der Waals surface area contributed by atoms with Gasteiger partial charge in [0, 0.05) is 10.6 Å². The molecule has 0 atom stereocenters. The van der Waals surface area contributed by atoms with E-state index in [1.807, 2.05) is 36.4 Å². The first-order valence-corrected chi connectivity index (χ1v) is 9.70. The summed E-state index contributed by atoms with van der Waals surface area (Å²) in [7, 11) is 3.15. The molecule has 2 aromatic carbocycles. The first-order chi connectivity index (χ1) is 13.6. The fourth-order valence-electron chi connectivity index (χ4n) is 2.50. The third-order valence-electron chi connectivity index (χ3n) is 3.81. The largest absolute Gasteiger partial charge is 0.496 e. The number of methoxy groups -OCH3 is 2. The summed E-state index contributed by atoms with van der Waals surface area (Å²) < 4.78 is 10.6. The number of amides is 1. The van der Waals surface area contributed by atoms with Gasteiger partial charge in [-0.15, -0.1) is 10.2 Å². The van der Waals surface area contributed by atoms with Crippen LogP contribution >= 0.6 is 23.4 Å². The summed E-state index contributed by atoms with van der Waals surface area (Å²) in [6, 6.07) is 16.3. The van der Waals surface area contributed by atoms with E-state index in [1.54, 1.807) is 25.3 Å². The highest BCUT2D eigenvalue weighted by Gasteiger charge is 2.11. The molecule has 0 saturated carbocycles. The van der Waals surface area contributed by atoms with Crippen LogP contribution < -0.4 is 14.8 Å². The highest BCUT2D eigenvalue weighted by Crippen LogP contribution is 2.29. The van der Waals surface area contributed by atoms with Crippen molar-refractivity contribution >= 4 is 35.0 Å². The number of hydrogen-bond donors (Lipinski definition) is 1. The summed E-state index contributed by atoms with van der Waals surface area (Å²) in [5.74, 6) is 1.26. The Balaban J connectivity index is 1.62. The number of aromatic nitrogens is 2. The molecule has 0 aliphatic carbocycles. The zero-order valence-electron chi connectivity index (χ0n) is 15.3. The van der Waals surface area contributed by atoms with Crippen LogP contribution in [0.2, 0.25) is 5.02 Å². The molecular formula is C20H18ClN3O3S. The summed E-state index contributed by atoms with van der Waals surface area (Å²) in [6.45, 7) is 0. The fraction of sp³-hybridized carbons (Fsp3) is 0.150. The fourth-order valence-corrected chi connectivity index (χ4v) is 3.29. The Morgan fingerprint density at radius 2 is 1.82 bits per heavy atom. The zero-order valence-corrected chi connectivity index (χ0v) is 16.9. The minimum atomic E-state index is -0.193. The molecule has 6 nitrogen and oxygen atoms in total. The first kappa shape index (κ1) is 20.0. The molecule has 1 amide bonds. The SMILES string of the molecule is COc1ccc(Cl)cc1NC(=O)CSc1ccc(-c2ccccc2OC)nn1. The Bertz CT molecular complexity index is 967. The van der Waals surface area contributed by atoms with E-state index in [0.717, 1.165) is 11.3 Å². The first-order valence-electron chi connectivity index (χ1n) is 8.34. The van der Waals surface area contributed by atoms with Gasteiger partial charge in [0.15, 0.2) is 0 Å². The van der Waals surface area contributed by atoms with Gasteiger partial charge in [-0.2, -0.15) is 0 Å². The Kier molecular flexibility index (Phi) is 6.73. The Hall–Kier alpha value is -2.77. The molecule has 1 aromatic heterocycles. The molecule has 0 saturated heterocycles. The molecule has 1 heterocycles. The Morgan fingerprint density at radius 1 is 1.04 bits per heavy atom. The summed E-state index contributed by atoms with van der Waals surface area (Å²) in [5.41, 5.74) is 2.09. The normalized spacial score (nSPS) is 10.4. The van der Waals surface area contributed by atoms with Crippen molar-refractivity contribution in [2.24, 2.45) is 0 Å². The molecule has 0 spiro atoms. The van der Waals surface area contributed by atoms with E-state index in [0.29, 0.717) is 27.2 Å². The molecule has 3 aromatic rings. The van der Waals surface area contributed by atoms with Gasteiger partial charge in [-0.25, -0.2) is 0 Å². The second-order valence-electron chi connectivity index (χ2n) is 5.64. The molecule has 0 aliphatic heterocycles. The average Bonchev–Trinajstić information content (AvgIpc) is 2.73. The maximum atomic E-state index is 12.2. The molecule has 28 heavy (non-hydrogen) atoms. The summed E-state index contributed by atoms with van der Waals surface area (Å²) in [5, 5.41) is 12.4. The lowest BCUT2D eigenvalue weighted by Gasteiger charge is -2.10. The third kappa shape index (κ3) is 4.94. The van der Waals surface area contributed by atoms with Gasteiger partial charge < -0.3 is 14.8 Å². The van der Waals surface area contributed by atoms with Crippen LogP contribution in [0.15, 0.2) is 59.6 Å². The highest BCUT2D eigenvalue weighted by molar-refractivity contribution is 7.99. The van der Waals surface area contributed by atoms with Crippen LogP contribution in [-0.4, -0.2) is 36.1 Å². The number of hydrogen-bond acceptors (Lipinski definition) is 6. The molecule has 0 radical (unpaired) electrons. The van der Waals surface area contributed by atoms with Crippen molar-refractivity contribution < 1.29 is 14.3 Å². The lowest BCUT2D eigenvalue weighted by atomic mass is 10.1. The van der Waals surface area contributed by atoms with Gasteiger partial charge in [0.05, 0.1) is 31.4 Å². The van der Waals surface area contributed by atoms with Crippen molar-refractivity contribution in [2.45, 2.75) is 5.03 Å². The maximum absolute atomic E-state index is 12.2. The Morgan fingerprint density at radius 3 is 2.54 bits per heavy atom. The minimum Gasteiger partial charge on any atom is -0.496 e. The quantitative estimate of drug-likeness (QED) is 0.571. The van der Waals surface area contributed by atoms with E-state index in [4.69, 9.17) is 21.1 Å². The van der Waals surface area contributed by atoms with Gasteiger partial charge in [0.25, 0.3) is 0 Å². The predicted octanol–water partition coefficient (Wildman–Crippen LogP) is 4.55. The van der Waals surface area contributed by atoms with Crippen LogP contribution in [0.25, 0.3) is 11.3 Å². The Labute approximate surface area is 172 Å². The summed E-state index contributed by atoms with van der Waals surface area (Å²) in [6.07, 6.45) is 0. The zero-order chi connectivity index (χ0) is 19.9. The second kappa shape index (κ2) is 9.43. The summed E-state index contributed by atoms with van der Waals surface area (Å²) >= 11 is 7.27. The second-order valence-corrected chi connectivity index (χ2v) is 7.07. The maximum Gasteiger partial charge on any atom is 0.234 e. The van der Waals surface area contributed by atoms with Crippen LogP contribution in [0.4, 0.5) is 5.69 Å². The summed E-state index contributed by atoms with van der Waals surface area (Å²) in [4.78, 5) is 12.2. The van der Waals surface area contributed by atoms with Gasteiger partial charge in [-0.1, -0.05) is 35.5 Å². The molecule has 0 bridgehead atoms. The minimum absolute atomic E-state index is 0.179. The van der Waals surface area contributed by atoms with Gasteiger partial charge in [0.1, 0.15) is 16.5 Å². The van der Waals surface area contributed by atoms with E-state index < -0.39 is 0 Å². The molecule has 144 valence electrons. The molecule has 0 aliphatic rings. The van der Waals surface area contributed by atoms with Gasteiger partial charge >= 0.3 is 0 Å². The molecule has 1 N–H and O–H groups in total. The van der Waals surface area contributed by atoms with Crippen molar-refractivity contribution in [3.63, 3.8) is 0 Å². The van der Waals surface area contributed by atoms with Crippen LogP contribution in [0.3, 0.4) is 0 Å². The van der Waals surface area contributed by atoms with Crippen LogP contribution in [0.1, 0.15) is 0 Å². The van der Waals surface area contributed by atoms with Crippen molar-refractivity contribution in [2.75, 3.05) is 25.3 Å². The molecule has 8 heteroatoms. The predicted molar refractivity (Wildman–Crippen MR) is 111 cm³/mol. The number of benzene rings is 2. The van der Waals surface area contributed by atoms with Crippen molar-refractivity contribution in [1.29, 1.82) is 0 Å². The molecule has 0 unspecified atom stereocenters. The van der Waals surface area contributed by atoms with E-state index in [-0.39, 0.29) is 11.7 Å². The lowest BCUT2D eigenvalue weighted by Crippen LogP contribution is -2.14. The van der Waals surface area contributed by atoms with Crippen molar-refractivity contribution in [3.8, 4) is 22.8 Å². The monoisotopic (exact) mass is 415 g/mol. The van der Waals surface area contributed by atoms with E-state index >= 15 is 0 Å². The van der Waals surface area contributed by atoms with Gasteiger partial charge in [0.2, 0.25) is 5.91 Å². The van der Waals surface area contributed by atoms with Crippen molar-refractivity contribution in [3.05, 3.63) is 59.6 Å². The molecule has 0 fully saturated rings. The number of carbonyl (C=O) groups excluding carboxylic acids is 1. The van der Waals surface area contributed by atoms with Crippen LogP contribution in [0, 0.1) is 0 Å². The van der Waals surface area contributed by atoms with E-state index in [1.165, 1.54) is 18.9 Å². The number of nitrogens with one attached hydrogen (secondary N) is 1.